The van der Waals surface area contributed by atoms with Crippen LogP contribution in [0.5, 0.6) is 11.5 Å². The molecule has 2 heterocycles. The predicted molar refractivity (Wildman–Crippen MR) is 70.6 cm³/mol. The smallest absolute Gasteiger partial charge is 0.254 e. The molecule has 3 rings (SSSR count). The summed E-state index contributed by atoms with van der Waals surface area (Å²) in [6.07, 6.45) is 2.17. The third kappa shape index (κ3) is 2.38. The summed E-state index contributed by atoms with van der Waals surface area (Å²) in [5, 5.41) is 3.33. The van der Waals surface area contributed by atoms with Crippen molar-refractivity contribution in [3.8, 4) is 11.5 Å². The van der Waals surface area contributed by atoms with Gasteiger partial charge in [0.05, 0.1) is 0 Å². The van der Waals surface area contributed by atoms with Crippen molar-refractivity contribution in [2.75, 3.05) is 26.9 Å². The van der Waals surface area contributed by atoms with Crippen LogP contribution in [-0.4, -0.2) is 43.8 Å². The fourth-order valence-electron chi connectivity index (χ4n) is 2.56. The molecule has 0 spiro atoms. The Morgan fingerprint density at radius 3 is 3.00 bits per heavy atom. The summed E-state index contributed by atoms with van der Waals surface area (Å²) in [5.74, 6) is 1.39. The number of benzene rings is 1. The Bertz CT molecular complexity index is 484. The fourth-order valence-corrected chi connectivity index (χ4v) is 2.56. The van der Waals surface area contributed by atoms with E-state index in [1.807, 2.05) is 11.9 Å². The number of amides is 1. The van der Waals surface area contributed by atoms with Gasteiger partial charge in [-0.2, -0.15) is 0 Å². The van der Waals surface area contributed by atoms with Gasteiger partial charge in [-0.3, -0.25) is 4.79 Å². The van der Waals surface area contributed by atoms with Crippen LogP contribution in [0.3, 0.4) is 0 Å². The van der Waals surface area contributed by atoms with Gasteiger partial charge in [-0.1, -0.05) is 0 Å². The number of rotatable bonds is 2. The highest BCUT2D eigenvalue weighted by Crippen LogP contribution is 2.32. The summed E-state index contributed by atoms with van der Waals surface area (Å²) in [6.45, 7) is 2.14. The van der Waals surface area contributed by atoms with Crippen LogP contribution < -0.4 is 14.8 Å². The number of ether oxygens (including phenoxy) is 2. The van der Waals surface area contributed by atoms with Crippen molar-refractivity contribution < 1.29 is 14.3 Å². The van der Waals surface area contributed by atoms with E-state index in [4.69, 9.17) is 9.47 Å². The predicted octanol–water partition coefficient (Wildman–Crippen LogP) is 1.24. The van der Waals surface area contributed by atoms with Gasteiger partial charge < -0.3 is 19.7 Å². The lowest BCUT2D eigenvalue weighted by atomic mass is 10.1. The zero-order valence-electron chi connectivity index (χ0n) is 11.0. The molecule has 0 unspecified atom stereocenters. The van der Waals surface area contributed by atoms with Crippen molar-refractivity contribution in [1.82, 2.24) is 10.2 Å². The highest BCUT2D eigenvalue weighted by molar-refractivity contribution is 5.95. The first-order valence-electron chi connectivity index (χ1n) is 6.63. The highest BCUT2D eigenvalue weighted by atomic mass is 16.7. The normalized spacial score (nSPS) is 21.2. The van der Waals surface area contributed by atoms with E-state index >= 15 is 0 Å². The van der Waals surface area contributed by atoms with E-state index in [1.54, 1.807) is 18.2 Å². The number of nitrogens with one attached hydrogen (secondary N) is 1. The Balaban J connectivity index is 1.75. The van der Waals surface area contributed by atoms with Crippen LogP contribution in [0, 0.1) is 0 Å². The maximum Gasteiger partial charge on any atom is 0.254 e. The number of piperidine rings is 1. The molecule has 0 aliphatic carbocycles. The molecular formula is C14H18N2O3. The first-order valence-corrected chi connectivity index (χ1v) is 6.63. The van der Waals surface area contributed by atoms with Crippen LogP contribution in [0.25, 0.3) is 0 Å². The molecule has 1 saturated heterocycles. The van der Waals surface area contributed by atoms with Crippen molar-refractivity contribution in [3.63, 3.8) is 0 Å². The Hall–Kier alpha value is -1.75. The number of carbonyl (C=O) groups excluding carboxylic acids is 1. The number of likely N-dealkylation sites (N-methyl/N-ethyl adjacent to an activating group) is 1. The Morgan fingerprint density at radius 1 is 1.37 bits per heavy atom. The van der Waals surface area contributed by atoms with Crippen molar-refractivity contribution >= 4 is 5.91 Å². The van der Waals surface area contributed by atoms with E-state index in [1.165, 1.54) is 0 Å². The molecule has 19 heavy (non-hydrogen) atoms. The summed E-state index contributed by atoms with van der Waals surface area (Å²) < 4.78 is 10.6. The van der Waals surface area contributed by atoms with Crippen molar-refractivity contribution in [2.24, 2.45) is 0 Å². The van der Waals surface area contributed by atoms with Crippen molar-refractivity contribution in [1.29, 1.82) is 0 Å². The van der Waals surface area contributed by atoms with Gasteiger partial charge in [0.1, 0.15) is 0 Å². The van der Waals surface area contributed by atoms with Crippen LogP contribution in [0.15, 0.2) is 18.2 Å². The fraction of sp³-hybridized carbons (Fsp3) is 0.500. The molecule has 0 radical (unpaired) electrons. The van der Waals surface area contributed by atoms with E-state index in [-0.39, 0.29) is 18.7 Å². The monoisotopic (exact) mass is 262 g/mol. The van der Waals surface area contributed by atoms with E-state index < -0.39 is 0 Å². The van der Waals surface area contributed by atoms with E-state index in [2.05, 4.69) is 5.32 Å². The van der Waals surface area contributed by atoms with Gasteiger partial charge in [0.25, 0.3) is 5.91 Å². The number of hydrogen-bond acceptors (Lipinski definition) is 4. The minimum atomic E-state index is 0.0343. The first-order chi connectivity index (χ1) is 9.25. The lowest BCUT2D eigenvalue weighted by Gasteiger charge is -2.31. The molecule has 5 nitrogen and oxygen atoms in total. The summed E-state index contributed by atoms with van der Waals surface area (Å²) in [6, 6.07) is 5.62. The third-order valence-corrected chi connectivity index (χ3v) is 3.76. The highest BCUT2D eigenvalue weighted by Gasteiger charge is 2.24. The van der Waals surface area contributed by atoms with Gasteiger partial charge in [-0.05, 0) is 37.6 Å². The molecule has 1 fully saturated rings. The Kier molecular flexibility index (Phi) is 3.29. The Labute approximate surface area is 112 Å². The number of fused-ring (bicyclic) bond motifs is 1. The summed E-state index contributed by atoms with van der Waals surface area (Å²) in [5.41, 5.74) is 0.650. The minimum absolute atomic E-state index is 0.0343. The molecule has 2 aliphatic rings. The molecule has 1 aromatic rings. The van der Waals surface area contributed by atoms with Crippen LogP contribution in [0.4, 0.5) is 0 Å². The summed E-state index contributed by atoms with van der Waals surface area (Å²) in [4.78, 5) is 14.3. The molecule has 2 aliphatic heterocycles. The van der Waals surface area contributed by atoms with Gasteiger partial charge in [-0.15, -0.1) is 0 Å². The van der Waals surface area contributed by atoms with Crippen LogP contribution in [-0.2, 0) is 0 Å². The summed E-state index contributed by atoms with van der Waals surface area (Å²) >= 11 is 0. The van der Waals surface area contributed by atoms with E-state index in [9.17, 15) is 4.79 Å². The molecule has 0 bridgehead atoms. The maximum absolute atomic E-state index is 12.4. The molecule has 5 heteroatoms. The zero-order chi connectivity index (χ0) is 13.2. The topological polar surface area (TPSA) is 50.8 Å². The van der Waals surface area contributed by atoms with Crippen LogP contribution >= 0.6 is 0 Å². The van der Waals surface area contributed by atoms with E-state index in [0.29, 0.717) is 17.1 Å². The molecule has 102 valence electrons. The maximum atomic E-state index is 12.4. The molecule has 1 N–H and O–H groups in total. The molecular weight excluding hydrogens is 244 g/mol. The van der Waals surface area contributed by atoms with Crippen molar-refractivity contribution in [2.45, 2.75) is 18.9 Å². The quantitative estimate of drug-likeness (QED) is 0.871. The minimum Gasteiger partial charge on any atom is -0.454 e. The third-order valence-electron chi connectivity index (χ3n) is 3.76. The molecule has 1 aromatic carbocycles. The lowest BCUT2D eigenvalue weighted by Crippen LogP contribution is -2.46. The molecule has 0 aromatic heterocycles. The Morgan fingerprint density at radius 2 is 2.21 bits per heavy atom. The lowest BCUT2D eigenvalue weighted by molar-refractivity contribution is 0.0708. The zero-order valence-corrected chi connectivity index (χ0v) is 11.0. The van der Waals surface area contributed by atoms with Crippen LogP contribution in [0.2, 0.25) is 0 Å². The molecule has 1 atom stereocenters. The van der Waals surface area contributed by atoms with Gasteiger partial charge in [0, 0.05) is 25.2 Å². The molecule has 1 amide bonds. The standard InChI is InChI=1S/C14H18N2O3/c1-16(11-3-2-6-15-8-11)14(17)10-4-5-12-13(7-10)19-9-18-12/h4-5,7,11,15H,2-3,6,8-9H2,1H3/t11-/m1/s1. The van der Waals surface area contributed by atoms with Gasteiger partial charge in [0.2, 0.25) is 6.79 Å². The van der Waals surface area contributed by atoms with Gasteiger partial charge in [-0.25, -0.2) is 0 Å². The largest absolute Gasteiger partial charge is 0.454 e. The SMILES string of the molecule is CN(C(=O)c1ccc2c(c1)OCO2)[C@@H]1CCCNC1. The summed E-state index contributed by atoms with van der Waals surface area (Å²) in [7, 11) is 1.87. The first kappa shape index (κ1) is 12.3. The van der Waals surface area contributed by atoms with Crippen LogP contribution in [0.1, 0.15) is 23.2 Å². The number of carbonyl (C=O) groups is 1. The van der Waals surface area contributed by atoms with Crippen molar-refractivity contribution in [3.05, 3.63) is 23.8 Å². The number of hydrogen-bond donors (Lipinski definition) is 1. The second-order valence-electron chi connectivity index (χ2n) is 4.98. The van der Waals surface area contributed by atoms with E-state index in [0.717, 1.165) is 25.9 Å². The second-order valence-corrected chi connectivity index (χ2v) is 4.98. The average Bonchev–Trinajstić information content (AvgIpc) is 2.94. The molecule has 0 saturated carbocycles. The van der Waals surface area contributed by atoms with Gasteiger partial charge >= 0.3 is 0 Å². The average molecular weight is 262 g/mol. The number of nitrogens with zero attached hydrogens (tertiary/aromatic N) is 1. The van der Waals surface area contributed by atoms with Gasteiger partial charge in [0.15, 0.2) is 11.5 Å². The second kappa shape index (κ2) is 5.09.